The normalized spacial score (nSPS) is 25.2. The Morgan fingerprint density at radius 1 is 1.24 bits per heavy atom. The fraction of sp³-hybridized carbons (Fsp3) is 0.500. The summed E-state index contributed by atoms with van der Waals surface area (Å²) in [7, 11) is 0. The highest BCUT2D eigenvalue weighted by Crippen LogP contribution is 2.27. The monoisotopic (exact) mass is 230 g/mol. The molecular formula is C14H18N2O. The van der Waals surface area contributed by atoms with Crippen LogP contribution in [0.5, 0.6) is 0 Å². The van der Waals surface area contributed by atoms with Gasteiger partial charge in [-0.2, -0.15) is 0 Å². The molecule has 1 aromatic heterocycles. The van der Waals surface area contributed by atoms with Gasteiger partial charge in [0.1, 0.15) is 5.52 Å². The molecule has 0 atom stereocenters. The first-order chi connectivity index (χ1) is 8.31. The Hall–Kier alpha value is -1.35. The van der Waals surface area contributed by atoms with E-state index in [1.807, 2.05) is 6.07 Å². The van der Waals surface area contributed by atoms with Crippen molar-refractivity contribution in [3.63, 3.8) is 0 Å². The molecule has 0 amide bonds. The van der Waals surface area contributed by atoms with Crippen molar-refractivity contribution in [3.05, 3.63) is 30.2 Å². The van der Waals surface area contributed by atoms with E-state index >= 15 is 0 Å². The number of oxazole rings is 1. The van der Waals surface area contributed by atoms with Gasteiger partial charge in [0.25, 0.3) is 0 Å². The van der Waals surface area contributed by atoms with Gasteiger partial charge < -0.3 is 10.2 Å². The van der Waals surface area contributed by atoms with Gasteiger partial charge in [0.2, 0.25) is 0 Å². The van der Waals surface area contributed by atoms with Gasteiger partial charge in [0.05, 0.1) is 0 Å². The Morgan fingerprint density at radius 3 is 2.88 bits per heavy atom. The van der Waals surface area contributed by atoms with Gasteiger partial charge in [-0.25, -0.2) is 4.98 Å². The van der Waals surface area contributed by atoms with Crippen LogP contribution >= 0.6 is 0 Å². The lowest BCUT2D eigenvalue weighted by atomic mass is 9.83. The summed E-state index contributed by atoms with van der Waals surface area (Å²) in [6.45, 7) is 0. The smallest absolute Gasteiger partial charge is 0.181 e. The number of fused-ring (bicyclic) bond motifs is 1. The minimum absolute atomic E-state index is 0.433. The van der Waals surface area contributed by atoms with Crippen LogP contribution in [0.3, 0.4) is 0 Å². The number of aromatic nitrogens is 1. The second-order valence-electron chi connectivity index (χ2n) is 5.14. The lowest BCUT2D eigenvalue weighted by Crippen LogP contribution is -2.27. The van der Waals surface area contributed by atoms with Crippen LogP contribution < -0.4 is 5.73 Å². The molecule has 1 aliphatic carbocycles. The molecule has 1 aromatic carbocycles. The second kappa shape index (κ2) is 4.49. The number of benzene rings is 1. The summed E-state index contributed by atoms with van der Waals surface area (Å²) >= 11 is 0. The van der Waals surface area contributed by atoms with Gasteiger partial charge in [0, 0.05) is 6.04 Å². The molecule has 2 aromatic rings. The van der Waals surface area contributed by atoms with Crippen LogP contribution in [0.25, 0.3) is 11.1 Å². The zero-order valence-electron chi connectivity index (χ0n) is 9.93. The van der Waals surface area contributed by atoms with Gasteiger partial charge in [-0.3, -0.25) is 0 Å². The Kier molecular flexibility index (Phi) is 2.85. The van der Waals surface area contributed by atoms with E-state index in [1.165, 1.54) is 37.6 Å². The van der Waals surface area contributed by atoms with Gasteiger partial charge >= 0.3 is 0 Å². The summed E-state index contributed by atoms with van der Waals surface area (Å²) in [5, 5.41) is 0. The Bertz CT molecular complexity index is 498. The highest BCUT2D eigenvalue weighted by molar-refractivity contribution is 5.72. The largest absolute Gasteiger partial charge is 0.443 e. The van der Waals surface area contributed by atoms with Crippen molar-refractivity contribution in [1.82, 2.24) is 4.98 Å². The number of nitrogens with two attached hydrogens (primary N) is 1. The molecule has 0 aliphatic heterocycles. The molecule has 0 unspecified atom stereocenters. The highest BCUT2D eigenvalue weighted by atomic mass is 16.3. The van der Waals surface area contributed by atoms with E-state index in [1.54, 1.807) is 0 Å². The third-order valence-corrected chi connectivity index (χ3v) is 3.81. The van der Waals surface area contributed by atoms with Crippen molar-refractivity contribution < 1.29 is 4.42 Å². The van der Waals surface area contributed by atoms with Gasteiger partial charge in [-0.05, 0) is 55.7 Å². The number of hydrogen-bond donors (Lipinski definition) is 1. The minimum atomic E-state index is 0.433. The molecule has 3 nitrogen and oxygen atoms in total. The average molecular weight is 230 g/mol. The third-order valence-electron chi connectivity index (χ3n) is 3.81. The van der Waals surface area contributed by atoms with Crippen LogP contribution in [0.2, 0.25) is 0 Å². The summed E-state index contributed by atoms with van der Waals surface area (Å²) in [4.78, 5) is 4.13. The molecule has 0 radical (unpaired) electrons. The summed E-state index contributed by atoms with van der Waals surface area (Å²) < 4.78 is 5.33. The first-order valence-electron chi connectivity index (χ1n) is 6.39. The molecule has 2 N–H and O–H groups in total. The molecule has 90 valence electrons. The quantitative estimate of drug-likeness (QED) is 0.863. The Balaban J connectivity index is 1.71. The van der Waals surface area contributed by atoms with E-state index < -0.39 is 0 Å². The number of nitrogens with zero attached hydrogens (tertiary/aromatic N) is 1. The summed E-state index contributed by atoms with van der Waals surface area (Å²) in [6.07, 6.45) is 7.52. The molecule has 0 bridgehead atoms. The molecule has 1 aliphatic rings. The van der Waals surface area contributed by atoms with Crippen LogP contribution in [0.15, 0.2) is 29.0 Å². The van der Waals surface area contributed by atoms with Gasteiger partial charge in [-0.15, -0.1) is 0 Å². The van der Waals surface area contributed by atoms with Gasteiger partial charge in [-0.1, -0.05) is 6.07 Å². The standard InChI is InChI=1S/C14H18N2O/c15-12-4-1-10(2-5-12)7-11-3-6-13-14(8-11)17-9-16-13/h3,6,8-10,12H,1-2,4-5,7,15H2. The summed E-state index contributed by atoms with van der Waals surface area (Å²) in [5.41, 5.74) is 9.13. The summed E-state index contributed by atoms with van der Waals surface area (Å²) in [6, 6.07) is 6.77. The molecule has 0 spiro atoms. The van der Waals surface area contributed by atoms with Crippen LogP contribution in [0, 0.1) is 5.92 Å². The lowest BCUT2D eigenvalue weighted by Gasteiger charge is -2.25. The van der Waals surface area contributed by atoms with E-state index in [0.717, 1.165) is 23.4 Å². The van der Waals surface area contributed by atoms with Crippen LogP contribution in [0.1, 0.15) is 31.2 Å². The average Bonchev–Trinajstić information content (AvgIpc) is 2.79. The van der Waals surface area contributed by atoms with E-state index in [0.29, 0.717) is 6.04 Å². The third kappa shape index (κ3) is 2.34. The lowest BCUT2D eigenvalue weighted by molar-refractivity contribution is 0.325. The molecule has 0 saturated heterocycles. The molecule has 17 heavy (non-hydrogen) atoms. The fourth-order valence-electron chi connectivity index (χ4n) is 2.75. The molecule has 3 heteroatoms. The van der Waals surface area contributed by atoms with E-state index in [2.05, 4.69) is 17.1 Å². The summed E-state index contributed by atoms with van der Waals surface area (Å²) in [5.74, 6) is 0.787. The number of hydrogen-bond acceptors (Lipinski definition) is 3. The maximum absolute atomic E-state index is 5.93. The first kappa shape index (κ1) is 10.8. The van der Waals surface area contributed by atoms with E-state index in [4.69, 9.17) is 10.2 Å². The van der Waals surface area contributed by atoms with Crippen molar-refractivity contribution >= 4 is 11.1 Å². The van der Waals surface area contributed by atoms with Crippen molar-refractivity contribution in [1.29, 1.82) is 0 Å². The predicted octanol–water partition coefficient (Wildman–Crippen LogP) is 2.89. The zero-order valence-corrected chi connectivity index (χ0v) is 9.93. The first-order valence-corrected chi connectivity index (χ1v) is 6.39. The molecular weight excluding hydrogens is 212 g/mol. The van der Waals surface area contributed by atoms with Gasteiger partial charge in [0.15, 0.2) is 12.0 Å². The minimum Gasteiger partial charge on any atom is -0.443 e. The topological polar surface area (TPSA) is 52.0 Å². The molecule has 1 heterocycles. The highest BCUT2D eigenvalue weighted by Gasteiger charge is 2.18. The van der Waals surface area contributed by atoms with Crippen LogP contribution in [-0.4, -0.2) is 11.0 Å². The fourth-order valence-corrected chi connectivity index (χ4v) is 2.75. The predicted molar refractivity (Wildman–Crippen MR) is 67.6 cm³/mol. The second-order valence-corrected chi connectivity index (χ2v) is 5.14. The SMILES string of the molecule is NC1CCC(Cc2ccc3ncoc3c2)CC1. The Labute approximate surface area is 101 Å². The maximum Gasteiger partial charge on any atom is 0.181 e. The Morgan fingerprint density at radius 2 is 2.06 bits per heavy atom. The van der Waals surface area contributed by atoms with Crippen molar-refractivity contribution in [2.75, 3.05) is 0 Å². The zero-order chi connectivity index (χ0) is 11.7. The van der Waals surface area contributed by atoms with E-state index in [-0.39, 0.29) is 0 Å². The molecule has 1 saturated carbocycles. The molecule has 1 fully saturated rings. The maximum atomic E-state index is 5.93. The number of rotatable bonds is 2. The molecule has 3 rings (SSSR count). The van der Waals surface area contributed by atoms with Crippen molar-refractivity contribution in [2.24, 2.45) is 11.7 Å². The van der Waals surface area contributed by atoms with E-state index in [9.17, 15) is 0 Å². The van der Waals surface area contributed by atoms with Crippen molar-refractivity contribution in [2.45, 2.75) is 38.1 Å². The van der Waals surface area contributed by atoms with Crippen LogP contribution in [0.4, 0.5) is 0 Å². The van der Waals surface area contributed by atoms with Crippen LogP contribution in [-0.2, 0) is 6.42 Å². The van der Waals surface area contributed by atoms with Crippen molar-refractivity contribution in [3.8, 4) is 0 Å².